The molecule has 0 spiro atoms. The van der Waals surface area contributed by atoms with E-state index in [1.165, 1.54) is 5.56 Å². The van der Waals surface area contributed by atoms with Crippen molar-refractivity contribution in [3.63, 3.8) is 0 Å². The van der Waals surface area contributed by atoms with Gasteiger partial charge in [-0.2, -0.15) is 0 Å². The fourth-order valence-electron chi connectivity index (χ4n) is 1.71. The Morgan fingerprint density at radius 1 is 1.24 bits per heavy atom. The van der Waals surface area contributed by atoms with Crippen molar-refractivity contribution in [3.05, 3.63) is 35.4 Å². The van der Waals surface area contributed by atoms with Crippen molar-refractivity contribution in [1.29, 1.82) is 0 Å². The molecule has 0 heterocycles. The lowest BCUT2D eigenvalue weighted by molar-refractivity contribution is -0.131. The quantitative estimate of drug-likeness (QED) is 0.867. The van der Waals surface area contributed by atoms with Crippen LogP contribution in [0.3, 0.4) is 0 Å². The molecule has 17 heavy (non-hydrogen) atoms. The number of carbonyl (C=O) groups excluding carboxylic acids is 1. The molecule has 94 valence electrons. The molecule has 1 unspecified atom stereocenters. The van der Waals surface area contributed by atoms with E-state index in [1.807, 2.05) is 0 Å². The predicted molar refractivity (Wildman–Crippen MR) is 70.7 cm³/mol. The van der Waals surface area contributed by atoms with Gasteiger partial charge in [0.15, 0.2) is 0 Å². The molecule has 3 heteroatoms. The number of benzene rings is 1. The maximum Gasteiger partial charge on any atom is 0.239 e. The lowest BCUT2D eigenvalue weighted by Crippen LogP contribution is -2.39. The van der Waals surface area contributed by atoms with Crippen LogP contribution in [0.5, 0.6) is 0 Å². The number of hydrogen-bond acceptors (Lipinski definition) is 2. The Kier molecular flexibility index (Phi) is 4.70. The number of amides is 1. The van der Waals surface area contributed by atoms with Gasteiger partial charge in [0, 0.05) is 13.6 Å². The van der Waals surface area contributed by atoms with E-state index in [9.17, 15) is 4.79 Å². The third-order valence-electron chi connectivity index (χ3n) is 2.83. The average molecular weight is 234 g/mol. The van der Waals surface area contributed by atoms with Gasteiger partial charge in [-0.1, -0.05) is 38.1 Å². The second-order valence-electron chi connectivity index (χ2n) is 4.88. The second kappa shape index (κ2) is 5.82. The Morgan fingerprint density at radius 3 is 2.18 bits per heavy atom. The van der Waals surface area contributed by atoms with Crippen LogP contribution in [0.25, 0.3) is 0 Å². The predicted octanol–water partition coefficient (Wildman–Crippen LogP) is 2.12. The highest BCUT2D eigenvalue weighted by atomic mass is 16.2. The average Bonchev–Trinajstić information content (AvgIpc) is 2.28. The van der Waals surface area contributed by atoms with Gasteiger partial charge in [-0.3, -0.25) is 4.79 Å². The van der Waals surface area contributed by atoms with Gasteiger partial charge in [0.1, 0.15) is 0 Å². The van der Waals surface area contributed by atoms with Gasteiger partial charge in [0.2, 0.25) is 5.91 Å². The van der Waals surface area contributed by atoms with Crippen LogP contribution in [-0.4, -0.2) is 23.9 Å². The first-order chi connectivity index (χ1) is 7.91. The third-order valence-corrected chi connectivity index (χ3v) is 2.83. The van der Waals surface area contributed by atoms with Crippen LogP contribution in [0.2, 0.25) is 0 Å². The van der Waals surface area contributed by atoms with Crippen LogP contribution in [-0.2, 0) is 11.3 Å². The standard InChI is InChI=1S/C14H22N2O/c1-10(2)13-7-5-12(6-8-13)9-16(4)14(17)11(3)15/h5-8,10-11H,9,15H2,1-4H3. The summed E-state index contributed by atoms with van der Waals surface area (Å²) >= 11 is 0. The highest BCUT2D eigenvalue weighted by Crippen LogP contribution is 2.15. The minimum Gasteiger partial charge on any atom is -0.340 e. The normalized spacial score (nSPS) is 12.6. The molecular weight excluding hydrogens is 212 g/mol. The van der Waals surface area contributed by atoms with Crippen molar-refractivity contribution in [1.82, 2.24) is 4.90 Å². The lowest BCUT2D eigenvalue weighted by Gasteiger charge is -2.19. The summed E-state index contributed by atoms with van der Waals surface area (Å²) in [5, 5.41) is 0. The minimum absolute atomic E-state index is 0.0297. The fraction of sp³-hybridized carbons (Fsp3) is 0.500. The largest absolute Gasteiger partial charge is 0.340 e. The number of likely N-dealkylation sites (N-methyl/N-ethyl adjacent to an activating group) is 1. The molecule has 0 saturated carbocycles. The molecule has 0 aromatic heterocycles. The Balaban J connectivity index is 2.66. The maximum atomic E-state index is 11.6. The molecule has 0 saturated heterocycles. The lowest BCUT2D eigenvalue weighted by atomic mass is 10.0. The monoisotopic (exact) mass is 234 g/mol. The van der Waals surface area contributed by atoms with Crippen molar-refractivity contribution in [2.45, 2.75) is 39.3 Å². The van der Waals surface area contributed by atoms with E-state index < -0.39 is 6.04 Å². The fourth-order valence-corrected chi connectivity index (χ4v) is 1.71. The van der Waals surface area contributed by atoms with Gasteiger partial charge in [0.05, 0.1) is 6.04 Å². The zero-order chi connectivity index (χ0) is 13.0. The molecule has 0 bridgehead atoms. The first-order valence-corrected chi connectivity index (χ1v) is 6.01. The Hall–Kier alpha value is -1.35. The maximum absolute atomic E-state index is 11.6. The number of hydrogen-bond donors (Lipinski definition) is 1. The summed E-state index contributed by atoms with van der Waals surface area (Å²) in [6.07, 6.45) is 0. The molecule has 0 aliphatic rings. The number of rotatable bonds is 4. The number of nitrogens with zero attached hydrogens (tertiary/aromatic N) is 1. The van der Waals surface area contributed by atoms with Gasteiger partial charge in [-0.15, -0.1) is 0 Å². The van der Waals surface area contributed by atoms with Crippen molar-refractivity contribution in [2.75, 3.05) is 7.05 Å². The van der Waals surface area contributed by atoms with E-state index in [1.54, 1.807) is 18.9 Å². The van der Waals surface area contributed by atoms with Gasteiger partial charge in [0.25, 0.3) is 0 Å². The third kappa shape index (κ3) is 3.86. The summed E-state index contributed by atoms with van der Waals surface area (Å²) in [5.41, 5.74) is 8.01. The molecule has 1 aromatic carbocycles. The van der Waals surface area contributed by atoms with E-state index in [0.29, 0.717) is 12.5 Å². The first kappa shape index (κ1) is 13.7. The van der Waals surface area contributed by atoms with Gasteiger partial charge in [-0.25, -0.2) is 0 Å². The highest BCUT2D eigenvalue weighted by molar-refractivity contribution is 5.80. The van der Waals surface area contributed by atoms with Gasteiger partial charge >= 0.3 is 0 Å². The van der Waals surface area contributed by atoms with E-state index in [-0.39, 0.29) is 5.91 Å². The van der Waals surface area contributed by atoms with Crippen LogP contribution in [0, 0.1) is 0 Å². The van der Waals surface area contributed by atoms with E-state index in [0.717, 1.165) is 5.56 Å². The topological polar surface area (TPSA) is 46.3 Å². The zero-order valence-electron chi connectivity index (χ0n) is 11.1. The van der Waals surface area contributed by atoms with Crippen LogP contribution in [0.15, 0.2) is 24.3 Å². The summed E-state index contributed by atoms with van der Waals surface area (Å²) in [6.45, 7) is 6.65. The molecule has 2 N–H and O–H groups in total. The highest BCUT2D eigenvalue weighted by Gasteiger charge is 2.13. The van der Waals surface area contributed by atoms with Gasteiger partial charge in [-0.05, 0) is 24.0 Å². The van der Waals surface area contributed by atoms with Crippen LogP contribution >= 0.6 is 0 Å². The van der Waals surface area contributed by atoms with Crippen molar-refractivity contribution in [2.24, 2.45) is 5.73 Å². The molecule has 1 rings (SSSR count). The number of carbonyl (C=O) groups is 1. The van der Waals surface area contributed by atoms with E-state index >= 15 is 0 Å². The molecular formula is C14H22N2O. The molecule has 0 aliphatic carbocycles. The summed E-state index contributed by atoms with van der Waals surface area (Å²) in [6, 6.07) is 7.93. The molecule has 3 nitrogen and oxygen atoms in total. The molecule has 0 fully saturated rings. The SMILES string of the molecule is CC(N)C(=O)N(C)Cc1ccc(C(C)C)cc1. The summed E-state index contributed by atoms with van der Waals surface area (Å²) in [4.78, 5) is 13.3. The van der Waals surface area contributed by atoms with Crippen LogP contribution in [0.1, 0.15) is 37.8 Å². The summed E-state index contributed by atoms with van der Waals surface area (Å²) in [7, 11) is 1.78. The van der Waals surface area contributed by atoms with Crippen LogP contribution < -0.4 is 5.73 Å². The molecule has 1 amide bonds. The van der Waals surface area contributed by atoms with Crippen LogP contribution in [0.4, 0.5) is 0 Å². The van der Waals surface area contributed by atoms with Crippen molar-refractivity contribution in [3.8, 4) is 0 Å². The zero-order valence-corrected chi connectivity index (χ0v) is 11.1. The number of nitrogens with two attached hydrogens (primary N) is 1. The molecule has 1 atom stereocenters. The van der Waals surface area contributed by atoms with E-state index in [2.05, 4.69) is 38.1 Å². The molecule has 1 aromatic rings. The van der Waals surface area contributed by atoms with Gasteiger partial charge < -0.3 is 10.6 Å². The summed E-state index contributed by atoms with van der Waals surface area (Å²) in [5.74, 6) is 0.505. The summed E-state index contributed by atoms with van der Waals surface area (Å²) < 4.78 is 0. The van der Waals surface area contributed by atoms with Crippen molar-refractivity contribution < 1.29 is 4.79 Å². The van der Waals surface area contributed by atoms with Crippen molar-refractivity contribution >= 4 is 5.91 Å². The smallest absolute Gasteiger partial charge is 0.239 e. The first-order valence-electron chi connectivity index (χ1n) is 6.01. The second-order valence-corrected chi connectivity index (χ2v) is 4.88. The molecule has 0 radical (unpaired) electrons. The van der Waals surface area contributed by atoms with E-state index in [4.69, 9.17) is 5.73 Å². The Bertz CT molecular complexity index is 368. The minimum atomic E-state index is -0.435. The Labute approximate surface area is 104 Å². The molecule has 0 aliphatic heterocycles. The Morgan fingerprint density at radius 2 is 1.76 bits per heavy atom.